The van der Waals surface area contributed by atoms with Crippen molar-refractivity contribution in [3.8, 4) is 5.75 Å². The molecule has 0 saturated carbocycles. The number of methoxy groups -OCH3 is 1. The fraction of sp³-hybridized carbons (Fsp3) is 0.381. The summed E-state index contributed by atoms with van der Waals surface area (Å²) in [5.41, 5.74) is 2.28. The summed E-state index contributed by atoms with van der Waals surface area (Å²) >= 11 is 1.65. The van der Waals surface area contributed by atoms with Crippen LogP contribution in [0.1, 0.15) is 29.9 Å². The predicted octanol–water partition coefficient (Wildman–Crippen LogP) is 5.35. The Kier molecular flexibility index (Phi) is 6.74. The van der Waals surface area contributed by atoms with Crippen LogP contribution in [0.25, 0.3) is 0 Å². The highest BCUT2D eigenvalue weighted by atomic mass is 32.2. The Hall–Kier alpha value is -2.19. The minimum Gasteiger partial charge on any atom is -0.497 e. The van der Waals surface area contributed by atoms with Crippen LogP contribution in [0.4, 0.5) is 13.2 Å². The highest BCUT2D eigenvalue weighted by molar-refractivity contribution is 7.99. The van der Waals surface area contributed by atoms with Crippen molar-refractivity contribution in [2.75, 3.05) is 20.2 Å². The average molecular weight is 425 g/mol. The van der Waals surface area contributed by atoms with Gasteiger partial charge < -0.3 is 9.57 Å². The third-order valence-corrected chi connectivity index (χ3v) is 5.90. The Morgan fingerprint density at radius 1 is 1.10 bits per heavy atom. The maximum Gasteiger partial charge on any atom is 0.492 e. The predicted molar refractivity (Wildman–Crippen MR) is 104 cm³/mol. The number of rotatable bonds is 5. The summed E-state index contributed by atoms with van der Waals surface area (Å²) < 4.78 is 42.6. The van der Waals surface area contributed by atoms with E-state index in [1.165, 1.54) is 5.56 Å². The first-order valence-corrected chi connectivity index (χ1v) is 10.0. The third kappa shape index (κ3) is 5.67. The van der Waals surface area contributed by atoms with Gasteiger partial charge in [0.1, 0.15) is 5.75 Å². The topological polar surface area (TPSA) is 38.8 Å². The number of benzene rings is 2. The zero-order valence-corrected chi connectivity index (χ0v) is 17.0. The molecule has 1 aliphatic rings. The molecule has 29 heavy (non-hydrogen) atoms. The Bertz CT molecular complexity index is 847. The monoisotopic (exact) mass is 425 g/mol. The lowest BCUT2D eigenvalue weighted by molar-refractivity contribution is -0.241. The van der Waals surface area contributed by atoms with E-state index in [0.29, 0.717) is 12.8 Å². The van der Waals surface area contributed by atoms with Crippen molar-refractivity contribution in [2.24, 2.45) is 0 Å². The first-order valence-electron chi connectivity index (χ1n) is 9.23. The molecule has 0 aromatic heterocycles. The van der Waals surface area contributed by atoms with Gasteiger partial charge in [-0.05, 0) is 61.6 Å². The summed E-state index contributed by atoms with van der Waals surface area (Å²) in [6.45, 7) is 2.53. The minimum atomic E-state index is -4.98. The lowest BCUT2D eigenvalue weighted by atomic mass is 9.90. The summed E-state index contributed by atoms with van der Waals surface area (Å²) in [4.78, 5) is 17.7. The molecule has 0 amide bonds. The SMILES string of the molecule is COc1ccc(Sc2ccc(C)cc2)c(C2CCN(OC(=O)C(F)(F)F)CC2)c1. The molecule has 4 nitrogen and oxygen atoms in total. The molecule has 1 fully saturated rings. The van der Waals surface area contributed by atoms with Crippen LogP contribution in [-0.2, 0) is 9.63 Å². The van der Waals surface area contributed by atoms with Crippen molar-refractivity contribution in [1.29, 1.82) is 0 Å². The van der Waals surface area contributed by atoms with Crippen molar-refractivity contribution in [2.45, 2.75) is 41.7 Å². The van der Waals surface area contributed by atoms with E-state index in [2.05, 4.69) is 29.1 Å². The maximum atomic E-state index is 12.4. The molecule has 0 spiro atoms. The molecule has 0 bridgehead atoms. The van der Waals surface area contributed by atoms with Gasteiger partial charge in [-0.2, -0.15) is 13.2 Å². The van der Waals surface area contributed by atoms with Crippen LogP contribution in [0.3, 0.4) is 0 Å². The Morgan fingerprint density at radius 3 is 2.34 bits per heavy atom. The van der Waals surface area contributed by atoms with Gasteiger partial charge in [0.25, 0.3) is 0 Å². The van der Waals surface area contributed by atoms with E-state index in [1.54, 1.807) is 18.9 Å². The number of hydrogen-bond donors (Lipinski definition) is 0. The van der Waals surface area contributed by atoms with Crippen LogP contribution in [0.5, 0.6) is 5.75 Å². The average Bonchev–Trinajstić information content (AvgIpc) is 2.70. The van der Waals surface area contributed by atoms with Gasteiger partial charge in [-0.1, -0.05) is 29.5 Å². The maximum absolute atomic E-state index is 12.4. The van der Waals surface area contributed by atoms with Crippen molar-refractivity contribution in [3.63, 3.8) is 0 Å². The molecule has 0 radical (unpaired) electrons. The van der Waals surface area contributed by atoms with Crippen molar-refractivity contribution < 1.29 is 27.5 Å². The van der Waals surface area contributed by atoms with E-state index >= 15 is 0 Å². The molecule has 1 aliphatic heterocycles. The largest absolute Gasteiger partial charge is 0.497 e. The first kappa shape index (κ1) is 21.5. The normalized spacial score (nSPS) is 15.9. The van der Waals surface area contributed by atoms with Gasteiger partial charge in [-0.25, -0.2) is 4.79 Å². The van der Waals surface area contributed by atoms with Gasteiger partial charge in [0.05, 0.1) is 7.11 Å². The molecule has 2 aromatic carbocycles. The molecule has 0 atom stereocenters. The molecule has 3 rings (SSSR count). The number of halogens is 3. The fourth-order valence-electron chi connectivity index (χ4n) is 3.23. The lowest BCUT2D eigenvalue weighted by Crippen LogP contribution is -2.39. The number of alkyl halides is 3. The van der Waals surface area contributed by atoms with Crippen LogP contribution >= 0.6 is 11.8 Å². The second-order valence-corrected chi connectivity index (χ2v) is 8.01. The number of hydrogen-bond acceptors (Lipinski definition) is 5. The standard InChI is InChI=1S/C21H22F3NO3S/c1-14-3-6-17(7-4-14)29-19-8-5-16(27-2)13-18(19)15-9-11-25(12-10-15)28-20(26)21(22,23)24/h3-8,13,15H,9-12H2,1-2H3. The molecule has 8 heteroatoms. The molecule has 0 N–H and O–H groups in total. The molecule has 2 aromatic rings. The second-order valence-electron chi connectivity index (χ2n) is 6.90. The van der Waals surface area contributed by atoms with E-state index in [-0.39, 0.29) is 19.0 Å². The van der Waals surface area contributed by atoms with Gasteiger partial charge in [0.15, 0.2) is 0 Å². The number of hydroxylamine groups is 2. The van der Waals surface area contributed by atoms with E-state index < -0.39 is 12.1 Å². The number of nitrogens with zero attached hydrogens (tertiary/aromatic N) is 1. The quantitative estimate of drug-likeness (QED) is 0.645. The zero-order valence-electron chi connectivity index (χ0n) is 16.2. The number of carbonyl (C=O) groups is 1. The molecule has 1 saturated heterocycles. The van der Waals surface area contributed by atoms with Gasteiger partial charge in [0, 0.05) is 22.9 Å². The number of ether oxygens (including phenoxy) is 1. The highest BCUT2D eigenvalue weighted by Gasteiger charge is 2.43. The molecular formula is C21H22F3NO3S. The first-order chi connectivity index (χ1) is 13.8. The zero-order chi connectivity index (χ0) is 21.0. The summed E-state index contributed by atoms with van der Waals surface area (Å²) in [5.74, 6) is -1.30. The third-order valence-electron chi connectivity index (χ3n) is 4.80. The smallest absolute Gasteiger partial charge is 0.492 e. The van der Waals surface area contributed by atoms with E-state index in [1.807, 2.05) is 25.1 Å². The summed E-state index contributed by atoms with van der Waals surface area (Å²) in [6.07, 6.45) is -3.82. The van der Waals surface area contributed by atoms with Crippen LogP contribution in [-0.4, -0.2) is 37.4 Å². The van der Waals surface area contributed by atoms with Crippen LogP contribution < -0.4 is 4.74 Å². The van der Waals surface area contributed by atoms with Gasteiger partial charge in [-0.15, -0.1) is 5.06 Å². The van der Waals surface area contributed by atoms with Crippen molar-refractivity contribution >= 4 is 17.7 Å². The number of piperidine rings is 1. The van der Waals surface area contributed by atoms with Crippen LogP contribution in [0.15, 0.2) is 52.3 Å². The summed E-state index contributed by atoms with van der Waals surface area (Å²) in [5, 5.41) is 1.10. The molecule has 1 heterocycles. The minimum absolute atomic E-state index is 0.138. The van der Waals surface area contributed by atoms with E-state index in [0.717, 1.165) is 26.2 Å². The highest BCUT2D eigenvalue weighted by Crippen LogP contribution is 2.40. The fourth-order valence-corrected chi connectivity index (χ4v) is 4.23. The molecule has 156 valence electrons. The van der Waals surface area contributed by atoms with Crippen LogP contribution in [0.2, 0.25) is 0 Å². The molecule has 0 unspecified atom stereocenters. The van der Waals surface area contributed by atoms with Crippen LogP contribution in [0, 0.1) is 6.92 Å². The number of carbonyl (C=O) groups excluding carboxylic acids is 1. The Balaban J connectivity index is 1.72. The van der Waals surface area contributed by atoms with Gasteiger partial charge in [0.2, 0.25) is 0 Å². The van der Waals surface area contributed by atoms with Gasteiger partial charge >= 0.3 is 12.1 Å². The number of aryl methyl sites for hydroxylation is 1. The summed E-state index contributed by atoms with van der Waals surface area (Å²) in [7, 11) is 1.60. The van der Waals surface area contributed by atoms with Crippen molar-refractivity contribution in [1.82, 2.24) is 5.06 Å². The van der Waals surface area contributed by atoms with Gasteiger partial charge in [-0.3, -0.25) is 0 Å². The van der Waals surface area contributed by atoms with Crippen molar-refractivity contribution in [3.05, 3.63) is 53.6 Å². The Morgan fingerprint density at radius 2 is 1.76 bits per heavy atom. The second kappa shape index (κ2) is 9.09. The lowest BCUT2D eigenvalue weighted by Gasteiger charge is -2.31. The van der Waals surface area contributed by atoms with E-state index in [4.69, 9.17) is 4.74 Å². The summed E-state index contributed by atoms with van der Waals surface area (Å²) in [6, 6.07) is 14.1. The Labute approximate surface area is 171 Å². The molecular weight excluding hydrogens is 403 g/mol. The van der Waals surface area contributed by atoms with E-state index in [9.17, 15) is 18.0 Å². The molecule has 0 aliphatic carbocycles.